The van der Waals surface area contributed by atoms with Gasteiger partial charge in [0, 0.05) is 10.0 Å². The molecule has 14 heavy (non-hydrogen) atoms. The van der Waals surface area contributed by atoms with E-state index in [0.29, 0.717) is 0 Å². The molecule has 0 aliphatic carbocycles. The summed E-state index contributed by atoms with van der Waals surface area (Å²) < 4.78 is 1.17. The summed E-state index contributed by atoms with van der Waals surface area (Å²) >= 11 is 3.51. The van der Waals surface area contributed by atoms with Crippen LogP contribution in [0.3, 0.4) is 0 Å². The maximum absolute atomic E-state index is 3.51. The first-order valence-corrected chi connectivity index (χ1v) is 5.78. The smallest absolute Gasteiger partial charge is 0.0377 e. The highest BCUT2D eigenvalue weighted by Crippen LogP contribution is 2.24. The maximum atomic E-state index is 3.51. The topological polar surface area (TPSA) is 12.0 Å². The first-order chi connectivity index (χ1) is 6.47. The molecule has 1 nitrogen and oxygen atoms in total. The molecular weight excluding hydrogens is 238 g/mol. The molecule has 1 aromatic carbocycles. The molecule has 0 aliphatic rings. The molecule has 0 aromatic heterocycles. The molecule has 0 spiro atoms. The number of halogens is 1. The van der Waals surface area contributed by atoms with Crippen molar-refractivity contribution in [2.45, 2.75) is 33.2 Å². The van der Waals surface area contributed by atoms with Gasteiger partial charge < -0.3 is 5.32 Å². The predicted octanol–water partition coefficient (Wildman–Crippen LogP) is 3.60. The molecule has 0 aliphatic heterocycles. The second-order valence-electron chi connectivity index (χ2n) is 4.12. The number of benzene rings is 1. The highest BCUT2D eigenvalue weighted by atomic mass is 79.9. The van der Waals surface area contributed by atoms with Gasteiger partial charge in [-0.2, -0.15) is 0 Å². The molecule has 0 bridgehead atoms. The Labute approximate surface area is 95.0 Å². The van der Waals surface area contributed by atoms with Crippen LogP contribution in [0, 0.1) is 6.92 Å². The van der Waals surface area contributed by atoms with Crippen molar-refractivity contribution in [1.82, 2.24) is 5.32 Å². The first kappa shape index (κ1) is 11.7. The van der Waals surface area contributed by atoms with Crippen LogP contribution < -0.4 is 5.32 Å². The molecule has 0 radical (unpaired) electrons. The Morgan fingerprint density at radius 1 is 1.36 bits per heavy atom. The highest BCUT2D eigenvalue weighted by molar-refractivity contribution is 9.10. The SMILES string of the molecule is CCNC(C)(C)c1ccc(Br)c(C)c1. The van der Waals surface area contributed by atoms with Crippen LogP contribution in [0.15, 0.2) is 22.7 Å². The van der Waals surface area contributed by atoms with Crippen LogP contribution >= 0.6 is 15.9 Å². The second-order valence-corrected chi connectivity index (χ2v) is 4.97. The average molecular weight is 256 g/mol. The monoisotopic (exact) mass is 255 g/mol. The Morgan fingerprint density at radius 2 is 2.00 bits per heavy atom. The fraction of sp³-hybridized carbons (Fsp3) is 0.500. The molecule has 2 heteroatoms. The van der Waals surface area contributed by atoms with Gasteiger partial charge in [0.05, 0.1) is 0 Å². The van der Waals surface area contributed by atoms with E-state index in [-0.39, 0.29) is 5.54 Å². The molecule has 1 N–H and O–H groups in total. The Balaban J connectivity index is 3.01. The van der Waals surface area contributed by atoms with Crippen molar-refractivity contribution in [2.75, 3.05) is 6.54 Å². The molecule has 1 rings (SSSR count). The van der Waals surface area contributed by atoms with Crippen LogP contribution in [0.5, 0.6) is 0 Å². The number of aryl methyl sites for hydroxylation is 1. The minimum absolute atomic E-state index is 0.0558. The Bertz CT molecular complexity index is 318. The van der Waals surface area contributed by atoms with Crippen molar-refractivity contribution in [2.24, 2.45) is 0 Å². The van der Waals surface area contributed by atoms with E-state index in [1.165, 1.54) is 15.6 Å². The van der Waals surface area contributed by atoms with Crippen LogP contribution in [0.1, 0.15) is 31.9 Å². The fourth-order valence-corrected chi connectivity index (χ4v) is 1.82. The molecule has 0 heterocycles. The molecule has 1 aromatic rings. The normalized spacial score (nSPS) is 11.8. The Kier molecular flexibility index (Phi) is 3.73. The van der Waals surface area contributed by atoms with Gasteiger partial charge in [0.1, 0.15) is 0 Å². The third kappa shape index (κ3) is 2.58. The van der Waals surface area contributed by atoms with Crippen LogP contribution in [0.25, 0.3) is 0 Å². The predicted molar refractivity (Wildman–Crippen MR) is 65.6 cm³/mol. The Morgan fingerprint density at radius 3 is 2.50 bits per heavy atom. The second kappa shape index (κ2) is 4.45. The van der Waals surface area contributed by atoms with Crippen molar-refractivity contribution >= 4 is 15.9 Å². The summed E-state index contributed by atoms with van der Waals surface area (Å²) in [6.07, 6.45) is 0. The molecule has 0 amide bonds. The minimum atomic E-state index is 0.0558. The van der Waals surface area contributed by atoms with Crippen LogP contribution in [0.2, 0.25) is 0 Å². The van der Waals surface area contributed by atoms with Crippen molar-refractivity contribution in [3.63, 3.8) is 0 Å². The summed E-state index contributed by atoms with van der Waals surface area (Å²) in [6.45, 7) is 9.66. The third-order valence-electron chi connectivity index (χ3n) is 2.50. The van der Waals surface area contributed by atoms with Gasteiger partial charge >= 0.3 is 0 Å². The lowest BCUT2D eigenvalue weighted by molar-refractivity contribution is 0.415. The van der Waals surface area contributed by atoms with E-state index in [0.717, 1.165) is 6.54 Å². The Hall–Kier alpha value is -0.340. The van der Waals surface area contributed by atoms with E-state index >= 15 is 0 Å². The molecule has 0 fully saturated rings. The van der Waals surface area contributed by atoms with Gasteiger partial charge in [-0.05, 0) is 44.5 Å². The van der Waals surface area contributed by atoms with E-state index < -0.39 is 0 Å². The average Bonchev–Trinajstić information content (AvgIpc) is 2.09. The molecule has 78 valence electrons. The van der Waals surface area contributed by atoms with Gasteiger partial charge in [0.2, 0.25) is 0 Å². The van der Waals surface area contributed by atoms with E-state index in [9.17, 15) is 0 Å². The first-order valence-electron chi connectivity index (χ1n) is 4.99. The summed E-state index contributed by atoms with van der Waals surface area (Å²) in [5, 5.41) is 3.47. The summed E-state index contributed by atoms with van der Waals surface area (Å²) in [6, 6.07) is 6.51. The lowest BCUT2D eigenvalue weighted by Gasteiger charge is -2.26. The van der Waals surface area contributed by atoms with Crippen molar-refractivity contribution < 1.29 is 0 Å². The zero-order chi connectivity index (χ0) is 10.8. The summed E-state index contributed by atoms with van der Waals surface area (Å²) in [5.74, 6) is 0. The molecule has 0 atom stereocenters. The lowest BCUT2D eigenvalue weighted by Crippen LogP contribution is -2.36. The van der Waals surface area contributed by atoms with Crippen LogP contribution in [-0.2, 0) is 5.54 Å². The summed E-state index contributed by atoms with van der Waals surface area (Å²) in [5.41, 5.74) is 2.67. The van der Waals surface area contributed by atoms with E-state index in [2.05, 4.69) is 67.1 Å². The van der Waals surface area contributed by atoms with Crippen LogP contribution in [0.4, 0.5) is 0 Å². The summed E-state index contributed by atoms with van der Waals surface area (Å²) in [4.78, 5) is 0. The lowest BCUT2D eigenvalue weighted by atomic mass is 9.93. The van der Waals surface area contributed by atoms with Crippen molar-refractivity contribution in [3.8, 4) is 0 Å². The van der Waals surface area contributed by atoms with Crippen molar-refractivity contribution in [1.29, 1.82) is 0 Å². The molecular formula is C12H18BrN. The zero-order valence-corrected chi connectivity index (χ0v) is 10.9. The van der Waals surface area contributed by atoms with Gasteiger partial charge in [-0.3, -0.25) is 0 Å². The van der Waals surface area contributed by atoms with Gasteiger partial charge in [0.25, 0.3) is 0 Å². The molecule has 0 saturated carbocycles. The van der Waals surface area contributed by atoms with Crippen LogP contribution in [-0.4, -0.2) is 6.54 Å². The zero-order valence-electron chi connectivity index (χ0n) is 9.32. The van der Waals surface area contributed by atoms with Gasteiger partial charge in [0.15, 0.2) is 0 Å². The van der Waals surface area contributed by atoms with Gasteiger partial charge in [-0.1, -0.05) is 35.0 Å². The summed E-state index contributed by atoms with van der Waals surface area (Å²) in [7, 11) is 0. The maximum Gasteiger partial charge on any atom is 0.0377 e. The number of hydrogen-bond acceptors (Lipinski definition) is 1. The van der Waals surface area contributed by atoms with E-state index in [1.807, 2.05) is 0 Å². The number of hydrogen-bond donors (Lipinski definition) is 1. The molecule has 0 saturated heterocycles. The van der Waals surface area contributed by atoms with Gasteiger partial charge in [-0.15, -0.1) is 0 Å². The largest absolute Gasteiger partial charge is 0.308 e. The van der Waals surface area contributed by atoms with E-state index in [4.69, 9.17) is 0 Å². The van der Waals surface area contributed by atoms with Gasteiger partial charge in [-0.25, -0.2) is 0 Å². The third-order valence-corrected chi connectivity index (χ3v) is 3.39. The standard InChI is InChI=1S/C12H18BrN/c1-5-14-12(3,4)10-6-7-11(13)9(2)8-10/h6-8,14H,5H2,1-4H3. The fourth-order valence-electron chi connectivity index (χ4n) is 1.58. The van der Waals surface area contributed by atoms with Crippen molar-refractivity contribution in [3.05, 3.63) is 33.8 Å². The quantitative estimate of drug-likeness (QED) is 0.871. The highest BCUT2D eigenvalue weighted by Gasteiger charge is 2.18. The number of nitrogens with one attached hydrogen (secondary N) is 1. The minimum Gasteiger partial charge on any atom is -0.308 e. The number of rotatable bonds is 3. The van der Waals surface area contributed by atoms with E-state index in [1.54, 1.807) is 0 Å². The molecule has 0 unspecified atom stereocenters.